The number of anilines is 1. The fraction of sp³-hybridized carbons (Fsp3) is 0.312. The molecule has 0 amide bonds. The molecule has 0 saturated heterocycles. The van der Waals surface area contributed by atoms with Crippen molar-refractivity contribution in [2.24, 2.45) is 5.73 Å². The van der Waals surface area contributed by atoms with Gasteiger partial charge in [0.2, 0.25) is 0 Å². The molecule has 1 aromatic heterocycles. The molecule has 0 bridgehead atoms. The molecule has 0 aliphatic rings. The molecule has 2 rings (SSSR count). The van der Waals surface area contributed by atoms with E-state index < -0.39 is 0 Å². The van der Waals surface area contributed by atoms with Gasteiger partial charge in [-0.3, -0.25) is 4.98 Å². The molecule has 1 aromatic carbocycles. The first-order chi connectivity index (χ1) is 9.31. The zero-order valence-electron chi connectivity index (χ0n) is 11.4. The third-order valence-corrected chi connectivity index (χ3v) is 3.25. The Balaban J connectivity index is 2.01. The summed E-state index contributed by atoms with van der Waals surface area (Å²) in [7, 11) is 2.12. The Morgan fingerprint density at radius 2 is 1.84 bits per heavy atom. The molecule has 0 aliphatic heterocycles. The fourth-order valence-electron chi connectivity index (χ4n) is 2.20. The number of pyridine rings is 1. The quantitative estimate of drug-likeness (QED) is 0.861. The number of benzene rings is 1. The van der Waals surface area contributed by atoms with Gasteiger partial charge in [-0.25, -0.2) is 0 Å². The summed E-state index contributed by atoms with van der Waals surface area (Å²) in [6, 6.07) is 14.5. The van der Waals surface area contributed by atoms with E-state index >= 15 is 0 Å². The fourth-order valence-corrected chi connectivity index (χ4v) is 2.20. The molecule has 0 unspecified atom stereocenters. The first kappa shape index (κ1) is 13.6. The van der Waals surface area contributed by atoms with Gasteiger partial charge in [-0.2, -0.15) is 0 Å². The topological polar surface area (TPSA) is 42.2 Å². The maximum Gasteiger partial charge on any atom is 0.0421 e. The lowest BCUT2D eigenvalue weighted by Gasteiger charge is -2.22. The first-order valence-electron chi connectivity index (χ1n) is 6.70. The second-order valence-electron chi connectivity index (χ2n) is 4.66. The minimum absolute atomic E-state index is 0.686. The number of para-hydroxylation sites is 1. The summed E-state index contributed by atoms with van der Waals surface area (Å²) in [5.41, 5.74) is 9.38. The van der Waals surface area contributed by atoms with Crippen molar-refractivity contribution in [1.29, 1.82) is 0 Å². The van der Waals surface area contributed by atoms with E-state index in [0.29, 0.717) is 6.54 Å². The van der Waals surface area contributed by atoms with Gasteiger partial charge in [0.15, 0.2) is 0 Å². The molecule has 2 N–H and O–H groups in total. The van der Waals surface area contributed by atoms with Crippen molar-refractivity contribution in [2.75, 3.05) is 25.0 Å². The van der Waals surface area contributed by atoms with E-state index in [9.17, 15) is 0 Å². The van der Waals surface area contributed by atoms with E-state index in [1.165, 1.54) is 11.3 Å². The Morgan fingerprint density at radius 3 is 2.58 bits per heavy atom. The third-order valence-electron chi connectivity index (χ3n) is 3.25. The van der Waals surface area contributed by atoms with Crippen LogP contribution in [-0.2, 0) is 12.8 Å². The molecule has 0 radical (unpaired) electrons. The SMILES string of the molecule is CN(CCc1ccccn1)c1ccccc1CCN. The van der Waals surface area contributed by atoms with Crippen molar-refractivity contribution in [1.82, 2.24) is 4.98 Å². The van der Waals surface area contributed by atoms with Crippen LogP contribution in [0.5, 0.6) is 0 Å². The van der Waals surface area contributed by atoms with Crippen molar-refractivity contribution in [2.45, 2.75) is 12.8 Å². The molecule has 0 spiro atoms. The van der Waals surface area contributed by atoms with Crippen LogP contribution < -0.4 is 10.6 Å². The Kier molecular flexibility index (Phi) is 4.93. The van der Waals surface area contributed by atoms with Crippen molar-refractivity contribution >= 4 is 5.69 Å². The van der Waals surface area contributed by atoms with Crippen LogP contribution in [0.25, 0.3) is 0 Å². The summed E-state index contributed by atoms with van der Waals surface area (Å²) in [6.07, 6.45) is 3.72. The normalized spacial score (nSPS) is 10.4. The lowest BCUT2D eigenvalue weighted by molar-refractivity contribution is 0.841. The van der Waals surface area contributed by atoms with Crippen molar-refractivity contribution in [3.8, 4) is 0 Å². The molecule has 0 aliphatic carbocycles. The molecular weight excluding hydrogens is 234 g/mol. The summed E-state index contributed by atoms with van der Waals surface area (Å²) in [6.45, 7) is 1.64. The van der Waals surface area contributed by atoms with Gasteiger partial charge in [0.05, 0.1) is 0 Å². The molecule has 0 fully saturated rings. The number of nitrogens with zero attached hydrogens (tertiary/aromatic N) is 2. The van der Waals surface area contributed by atoms with Gasteiger partial charge in [-0.1, -0.05) is 24.3 Å². The summed E-state index contributed by atoms with van der Waals surface area (Å²) >= 11 is 0. The van der Waals surface area contributed by atoms with Crippen LogP contribution in [0.3, 0.4) is 0 Å². The minimum Gasteiger partial charge on any atom is -0.374 e. The number of aromatic nitrogens is 1. The smallest absolute Gasteiger partial charge is 0.0421 e. The van der Waals surface area contributed by atoms with E-state index in [4.69, 9.17) is 5.73 Å². The maximum absolute atomic E-state index is 5.67. The lowest BCUT2D eigenvalue weighted by Crippen LogP contribution is -2.22. The van der Waals surface area contributed by atoms with Crippen LogP contribution in [0.2, 0.25) is 0 Å². The molecule has 19 heavy (non-hydrogen) atoms. The number of hydrogen-bond acceptors (Lipinski definition) is 3. The number of nitrogens with two attached hydrogens (primary N) is 1. The highest BCUT2D eigenvalue weighted by Crippen LogP contribution is 2.19. The number of likely N-dealkylation sites (N-methyl/N-ethyl adjacent to an activating group) is 1. The second kappa shape index (κ2) is 6.90. The Labute approximate surface area is 115 Å². The van der Waals surface area contributed by atoms with Crippen molar-refractivity contribution in [3.63, 3.8) is 0 Å². The van der Waals surface area contributed by atoms with Crippen LogP contribution in [-0.4, -0.2) is 25.1 Å². The van der Waals surface area contributed by atoms with Gasteiger partial charge in [0.25, 0.3) is 0 Å². The van der Waals surface area contributed by atoms with Crippen LogP contribution in [0.1, 0.15) is 11.3 Å². The molecule has 100 valence electrons. The summed E-state index contributed by atoms with van der Waals surface area (Å²) in [4.78, 5) is 6.63. The monoisotopic (exact) mass is 255 g/mol. The molecule has 2 aromatic rings. The minimum atomic E-state index is 0.686. The zero-order valence-corrected chi connectivity index (χ0v) is 11.4. The van der Waals surface area contributed by atoms with E-state index in [1.54, 1.807) is 0 Å². The predicted octanol–water partition coefficient (Wildman–Crippen LogP) is 2.26. The lowest BCUT2D eigenvalue weighted by atomic mass is 10.1. The first-order valence-corrected chi connectivity index (χ1v) is 6.70. The number of hydrogen-bond donors (Lipinski definition) is 1. The molecular formula is C16H21N3. The Bertz CT molecular complexity index is 496. The van der Waals surface area contributed by atoms with E-state index in [1.807, 2.05) is 18.3 Å². The highest BCUT2D eigenvalue weighted by Gasteiger charge is 2.06. The average Bonchev–Trinajstić information content (AvgIpc) is 2.47. The largest absolute Gasteiger partial charge is 0.374 e. The Morgan fingerprint density at radius 1 is 1.05 bits per heavy atom. The average molecular weight is 255 g/mol. The third kappa shape index (κ3) is 3.80. The van der Waals surface area contributed by atoms with Crippen molar-refractivity contribution < 1.29 is 0 Å². The maximum atomic E-state index is 5.67. The molecule has 1 heterocycles. The van der Waals surface area contributed by atoms with Gasteiger partial charge in [0.1, 0.15) is 0 Å². The molecule has 0 atom stereocenters. The highest BCUT2D eigenvalue weighted by atomic mass is 15.1. The Hall–Kier alpha value is -1.87. The summed E-state index contributed by atoms with van der Waals surface area (Å²) in [5, 5.41) is 0. The predicted molar refractivity (Wildman–Crippen MR) is 80.4 cm³/mol. The van der Waals surface area contributed by atoms with Crippen LogP contribution in [0, 0.1) is 0 Å². The van der Waals surface area contributed by atoms with Crippen LogP contribution in [0.4, 0.5) is 5.69 Å². The molecule has 3 heteroatoms. The van der Waals surface area contributed by atoms with Gasteiger partial charge in [-0.05, 0) is 36.7 Å². The molecule has 3 nitrogen and oxygen atoms in total. The molecule has 0 saturated carbocycles. The van der Waals surface area contributed by atoms with Crippen LogP contribution >= 0.6 is 0 Å². The van der Waals surface area contributed by atoms with Gasteiger partial charge >= 0.3 is 0 Å². The highest BCUT2D eigenvalue weighted by molar-refractivity contribution is 5.53. The van der Waals surface area contributed by atoms with Gasteiger partial charge in [-0.15, -0.1) is 0 Å². The van der Waals surface area contributed by atoms with E-state index in [0.717, 1.165) is 25.1 Å². The summed E-state index contributed by atoms with van der Waals surface area (Å²) < 4.78 is 0. The standard InChI is InChI=1S/C16H21N3/c1-19(13-10-15-7-4-5-12-18-15)16-8-3-2-6-14(16)9-11-17/h2-8,12H,9-11,13,17H2,1H3. The summed E-state index contributed by atoms with van der Waals surface area (Å²) in [5.74, 6) is 0. The van der Waals surface area contributed by atoms with E-state index in [2.05, 4.69) is 47.3 Å². The van der Waals surface area contributed by atoms with Crippen molar-refractivity contribution in [3.05, 3.63) is 59.9 Å². The van der Waals surface area contributed by atoms with Crippen LogP contribution in [0.15, 0.2) is 48.7 Å². The van der Waals surface area contributed by atoms with Gasteiger partial charge < -0.3 is 10.6 Å². The second-order valence-corrected chi connectivity index (χ2v) is 4.66. The van der Waals surface area contributed by atoms with E-state index in [-0.39, 0.29) is 0 Å². The number of rotatable bonds is 6. The van der Waals surface area contributed by atoms with Gasteiger partial charge in [0, 0.05) is 37.6 Å². The zero-order chi connectivity index (χ0) is 13.5.